The van der Waals surface area contributed by atoms with Gasteiger partial charge in [-0.15, -0.1) is 11.3 Å². The molecule has 0 aliphatic rings. The van der Waals surface area contributed by atoms with Crippen molar-refractivity contribution >= 4 is 40.3 Å². The third kappa shape index (κ3) is 5.33. The van der Waals surface area contributed by atoms with Crippen LogP contribution in [0.1, 0.15) is 5.76 Å². The van der Waals surface area contributed by atoms with Crippen LogP contribution < -0.4 is 20.1 Å². The van der Waals surface area contributed by atoms with Gasteiger partial charge in [0, 0.05) is 29.5 Å². The third-order valence-corrected chi connectivity index (χ3v) is 6.85. The number of benzene rings is 3. The normalized spacial score (nSPS) is 12.1. The van der Waals surface area contributed by atoms with Gasteiger partial charge in [-0.2, -0.15) is 5.26 Å². The fraction of sp³-hybridized carbons (Fsp3) is 0. The first kappa shape index (κ1) is 26.0. The molecule has 0 bridgehead atoms. The quantitative estimate of drug-likeness (QED) is 0.246. The zero-order valence-corrected chi connectivity index (χ0v) is 21.2. The van der Waals surface area contributed by atoms with Gasteiger partial charge >= 0.3 is 0 Å². The van der Waals surface area contributed by atoms with Crippen molar-refractivity contribution < 1.29 is 18.5 Å². The van der Waals surface area contributed by atoms with Crippen LogP contribution in [0.3, 0.4) is 0 Å². The van der Waals surface area contributed by atoms with E-state index < -0.39 is 22.2 Å². The second kappa shape index (κ2) is 11.0. The molecule has 1 N–H and O–H groups in total. The lowest BCUT2D eigenvalue weighted by atomic mass is 10.1. The molecule has 0 saturated heterocycles. The first-order chi connectivity index (χ1) is 19.3. The zero-order valence-electron chi connectivity index (χ0n) is 20.4. The van der Waals surface area contributed by atoms with Crippen molar-refractivity contribution in [1.29, 1.82) is 5.26 Å². The van der Waals surface area contributed by atoms with E-state index in [2.05, 4.69) is 5.32 Å². The molecule has 0 aliphatic heterocycles. The number of non-ortho nitro benzene ring substituents is 1. The summed E-state index contributed by atoms with van der Waals surface area (Å²) in [6.45, 7) is 0. The van der Waals surface area contributed by atoms with Crippen LogP contribution in [0, 0.1) is 27.3 Å². The van der Waals surface area contributed by atoms with Crippen LogP contribution in [0.5, 0.6) is 0 Å². The van der Waals surface area contributed by atoms with E-state index >= 15 is 0 Å². The fourth-order valence-electron chi connectivity index (χ4n) is 3.85. The Morgan fingerprint density at radius 2 is 1.73 bits per heavy atom. The number of rotatable bonds is 6. The van der Waals surface area contributed by atoms with Gasteiger partial charge in [0.25, 0.3) is 17.2 Å². The maximum Gasteiger partial charge on any atom is 0.273 e. The molecule has 0 spiro atoms. The number of carbonyl (C=O) groups is 1. The molecule has 0 aliphatic carbocycles. The Morgan fingerprint density at radius 1 is 1.02 bits per heavy atom. The number of carbonyl (C=O) groups excluding carboxylic acids is 1. The number of hydrogen-bond donors (Lipinski definition) is 1. The van der Waals surface area contributed by atoms with Gasteiger partial charge in [0.2, 0.25) is 0 Å². The van der Waals surface area contributed by atoms with E-state index in [9.17, 15) is 29.4 Å². The number of anilines is 1. The number of aromatic nitrogens is 1. The summed E-state index contributed by atoms with van der Waals surface area (Å²) in [4.78, 5) is 37.1. The van der Waals surface area contributed by atoms with Gasteiger partial charge in [0.05, 0.1) is 15.1 Å². The molecule has 0 unspecified atom stereocenters. The molecule has 2 heterocycles. The molecule has 0 atom stereocenters. The molecule has 0 saturated carbocycles. The average molecular weight is 553 g/mol. The van der Waals surface area contributed by atoms with Gasteiger partial charge in [-0.1, -0.05) is 18.2 Å². The van der Waals surface area contributed by atoms with Crippen molar-refractivity contribution in [2.45, 2.75) is 0 Å². The van der Waals surface area contributed by atoms with Gasteiger partial charge in [-0.3, -0.25) is 24.3 Å². The first-order valence-electron chi connectivity index (χ1n) is 11.7. The predicted octanol–water partition coefficient (Wildman–Crippen LogP) is 4.35. The van der Waals surface area contributed by atoms with Gasteiger partial charge in [0.15, 0.2) is 5.57 Å². The SMILES string of the molecule is N#CC(C(=O)Nc1ccc(F)cc1)=c1sc(=Cc2ccc(-c3ccc([N+](=O)[O-])cc3)o2)c(=O)n1-c1ccccc1. The van der Waals surface area contributed by atoms with Crippen LogP contribution in [0.15, 0.2) is 100 Å². The lowest BCUT2D eigenvalue weighted by Gasteiger charge is -2.05. The Labute approximate surface area is 229 Å². The van der Waals surface area contributed by atoms with Crippen molar-refractivity contribution in [2.24, 2.45) is 0 Å². The van der Waals surface area contributed by atoms with E-state index in [0.717, 1.165) is 11.3 Å². The highest BCUT2D eigenvalue weighted by Crippen LogP contribution is 2.24. The van der Waals surface area contributed by atoms with Gasteiger partial charge in [-0.25, -0.2) is 4.39 Å². The summed E-state index contributed by atoms with van der Waals surface area (Å²) in [6, 6.07) is 24.7. The van der Waals surface area contributed by atoms with Gasteiger partial charge < -0.3 is 9.73 Å². The van der Waals surface area contributed by atoms with Crippen molar-refractivity contribution in [3.63, 3.8) is 0 Å². The average Bonchev–Trinajstić information content (AvgIpc) is 3.55. The molecule has 5 rings (SSSR count). The minimum absolute atomic E-state index is 0.0531. The fourth-order valence-corrected chi connectivity index (χ4v) is 4.93. The first-order valence-corrected chi connectivity index (χ1v) is 12.5. The Morgan fingerprint density at radius 3 is 2.38 bits per heavy atom. The number of halogens is 1. The van der Waals surface area contributed by atoms with E-state index in [1.165, 1.54) is 47.0 Å². The van der Waals surface area contributed by atoms with Crippen LogP contribution in [0.25, 0.3) is 28.7 Å². The minimum Gasteiger partial charge on any atom is -0.457 e. The maximum absolute atomic E-state index is 13.6. The highest BCUT2D eigenvalue weighted by molar-refractivity contribution is 7.07. The second-order valence-electron chi connectivity index (χ2n) is 8.35. The molecule has 9 nitrogen and oxygen atoms in total. The van der Waals surface area contributed by atoms with E-state index in [1.54, 1.807) is 54.6 Å². The highest BCUT2D eigenvalue weighted by atomic mass is 32.1. The molecule has 0 radical (unpaired) electrons. The molecule has 5 aromatic rings. The molecule has 40 heavy (non-hydrogen) atoms. The van der Waals surface area contributed by atoms with Crippen LogP contribution >= 0.6 is 11.3 Å². The lowest BCUT2D eigenvalue weighted by Crippen LogP contribution is -2.32. The monoisotopic (exact) mass is 552 g/mol. The number of nitrogens with one attached hydrogen (secondary N) is 1. The van der Waals surface area contributed by atoms with Crippen molar-refractivity contribution in [2.75, 3.05) is 5.32 Å². The molecule has 196 valence electrons. The summed E-state index contributed by atoms with van der Waals surface area (Å²) in [5, 5.41) is 23.4. The van der Waals surface area contributed by atoms with Crippen molar-refractivity contribution in [3.8, 4) is 23.1 Å². The van der Waals surface area contributed by atoms with Crippen LogP contribution in [0.2, 0.25) is 0 Å². The Hall–Kier alpha value is -5.60. The standard InChI is InChI=1S/C29H17FN4O5S/c30-19-8-10-20(11-9-19)32-27(35)24(17-31)29-33(21-4-2-1-3-5-21)28(36)26(40-29)16-23-14-15-25(39-23)18-6-12-22(13-7-18)34(37)38/h1-16H,(H,32,35). The van der Waals surface area contributed by atoms with E-state index in [0.29, 0.717) is 22.8 Å². The summed E-state index contributed by atoms with van der Waals surface area (Å²) in [5.74, 6) is -0.476. The number of para-hydroxylation sites is 1. The van der Waals surface area contributed by atoms with Crippen LogP contribution in [-0.2, 0) is 4.79 Å². The molecule has 2 aromatic heterocycles. The summed E-state index contributed by atoms with van der Waals surface area (Å²) in [6.07, 6.45) is 1.50. The summed E-state index contributed by atoms with van der Waals surface area (Å²) in [5.41, 5.74) is 0.513. The second-order valence-corrected chi connectivity index (χ2v) is 9.38. The number of furan rings is 1. The maximum atomic E-state index is 13.6. The highest BCUT2D eigenvalue weighted by Gasteiger charge is 2.18. The number of thiazole rings is 1. The summed E-state index contributed by atoms with van der Waals surface area (Å²) >= 11 is 0.940. The Kier molecular flexibility index (Phi) is 7.17. The Bertz CT molecular complexity index is 1950. The largest absolute Gasteiger partial charge is 0.457 e. The third-order valence-electron chi connectivity index (χ3n) is 5.76. The van der Waals surface area contributed by atoms with Crippen molar-refractivity contribution in [1.82, 2.24) is 4.57 Å². The van der Waals surface area contributed by atoms with Gasteiger partial charge in [0.1, 0.15) is 28.1 Å². The molecule has 11 heteroatoms. The Balaban J connectivity index is 1.61. The minimum atomic E-state index is -0.759. The topological polar surface area (TPSA) is 131 Å². The predicted molar refractivity (Wildman–Crippen MR) is 148 cm³/mol. The number of nitrogens with zero attached hydrogens (tertiary/aromatic N) is 3. The number of nitro groups is 1. The zero-order chi connectivity index (χ0) is 28.2. The van der Waals surface area contributed by atoms with Gasteiger partial charge in [-0.05, 0) is 60.7 Å². The number of hydrogen-bond acceptors (Lipinski definition) is 7. The molecular weight excluding hydrogens is 535 g/mol. The van der Waals surface area contributed by atoms with E-state index in [1.807, 2.05) is 6.07 Å². The van der Waals surface area contributed by atoms with Crippen LogP contribution in [-0.4, -0.2) is 15.4 Å². The summed E-state index contributed by atoms with van der Waals surface area (Å²) < 4.78 is 20.7. The van der Waals surface area contributed by atoms with Crippen molar-refractivity contribution in [3.05, 3.63) is 132 Å². The lowest BCUT2D eigenvalue weighted by molar-refractivity contribution is -0.384. The smallest absolute Gasteiger partial charge is 0.273 e. The number of nitriles is 1. The molecule has 3 aromatic carbocycles. The number of nitro benzene ring substituents is 1. The van der Waals surface area contributed by atoms with Crippen LogP contribution in [0.4, 0.5) is 15.8 Å². The van der Waals surface area contributed by atoms with E-state index in [-0.39, 0.29) is 26.1 Å². The molecule has 0 fully saturated rings. The molecule has 1 amide bonds. The summed E-state index contributed by atoms with van der Waals surface area (Å²) in [7, 11) is 0. The molecular formula is C29H17FN4O5S. The number of amides is 1. The van der Waals surface area contributed by atoms with E-state index in [4.69, 9.17) is 4.42 Å².